The lowest BCUT2D eigenvalue weighted by molar-refractivity contribution is -0.118. The van der Waals surface area contributed by atoms with Crippen molar-refractivity contribution in [3.8, 4) is 5.69 Å². The highest BCUT2D eigenvalue weighted by molar-refractivity contribution is 6.00. The first-order valence-electron chi connectivity index (χ1n) is 7.97. The molecule has 0 unspecified atom stereocenters. The highest BCUT2D eigenvalue weighted by Gasteiger charge is 2.54. The molecular weight excluding hydrogens is 324 g/mol. The molecule has 1 fully saturated rings. The van der Waals surface area contributed by atoms with Gasteiger partial charge in [0.25, 0.3) is 0 Å². The minimum Gasteiger partial charge on any atom is -0.308 e. The van der Waals surface area contributed by atoms with E-state index in [0.29, 0.717) is 18.7 Å². The molecule has 1 aliphatic carbocycles. The number of benzene rings is 2. The predicted molar refractivity (Wildman–Crippen MR) is 89.5 cm³/mol. The second-order valence-electron chi connectivity index (χ2n) is 6.11. The lowest BCUT2D eigenvalue weighted by Crippen LogP contribution is -2.30. The molecule has 1 aliphatic rings. The molecule has 25 heavy (non-hydrogen) atoms. The molecule has 6 heteroatoms. The number of nitrogens with one attached hydrogen (secondary N) is 1. The third-order valence-electron chi connectivity index (χ3n) is 4.48. The molecule has 1 aromatic heterocycles. The van der Waals surface area contributed by atoms with Crippen LogP contribution in [0, 0.1) is 11.6 Å². The monoisotopic (exact) mass is 339 g/mol. The number of halogens is 2. The first-order valence-corrected chi connectivity index (χ1v) is 7.97. The van der Waals surface area contributed by atoms with Crippen molar-refractivity contribution in [2.75, 3.05) is 5.32 Å². The van der Waals surface area contributed by atoms with E-state index in [9.17, 15) is 13.6 Å². The summed E-state index contributed by atoms with van der Waals surface area (Å²) in [6, 6.07) is 14.7. The van der Waals surface area contributed by atoms with Gasteiger partial charge in [0.05, 0.1) is 11.1 Å². The number of nitrogens with zero attached hydrogens (tertiary/aromatic N) is 2. The minimum atomic E-state index is -1.15. The van der Waals surface area contributed by atoms with Crippen LogP contribution in [-0.4, -0.2) is 15.7 Å². The third kappa shape index (κ3) is 2.69. The van der Waals surface area contributed by atoms with Crippen LogP contribution in [0.4, 0.5) is 14.6 Å². The molecule has 0 bridgehead atoms. The van der Waals surface area contributed by atoms with Gasteiger partial charge in [-0.2, -0.15) is 5.10 Å². The van der Waals surface area contributed by atoms with E-state index < -0.39 is 23.0 Å². The molecule has 4 rings (SSSR count). The van der Waals surface area contributed by atoms with Crippen molar-refractivity contribution in [3.63, 3.8) is 0 Å². The Kier molecular flexibility index (Phi) is 3.60. The van der Waals surface area contributed by atoms with E-state index in [1.54, 1.807) is 16.9 Å². The van der Waals surface area contributed by atoms with Crippen LogP contribution in [0.3, 0.4) is 0 Å². The molecule has 1 heterocycles. The van der Waals surface area contributed by atoms with Gasteiger partial charge in [0, 0.05) is 17.8 Å². The topological polar surface area (TPSA) is 46.9 Å². The fourth-order valence-corrected chi connectivity index (χ4v) is 3.02. The van der Waals surface area contributed by atoms with Gasteiger partial charge in [0.1, 0.15) is 11.6 Å². The Labute approximate surface area is 143 Å². The number of anilines is 1. The second kappa shape index (κ2) is 5.81. The zero-order valence-corrected chi connectivity index (χ0v) is 13.2. The Morgan fingerprint density at radius 2 is 1.68 bits per heavy atom. The predicted octanol–water partition coefficient (Wildman–Crippen LogP) is 3.82. The summed E-state index contributed by atoms with van der Waals surface area (Å²) in [5.41, 5.74) is -0.453. The smallest absolute Gasteiger partial charge is 0.236 e. The fraction of sp³-hybridized carbons (Fsp3) is 0.158. The minimum absolute atomic E-state index is 0.157. The summed E-state index contributed by atoms with van der Waals surface area (Å²) in [5.74, 6) is -1.48. The molecule has 0 saturated heterocycles. The van der Waals surface area contributed by atoms with Crippen LogP contribution in [-0.2, 0) is 10.2 Å². The molecule has 1 N–H and O–H groups in total. The van der Waals surface area contributed by atoms with E-state index in [1.165, 1.54) is 18.2 Å². The van der Waals surface area contributed by atoms with Gasteiger partial charge in [-0.25, -0.2) is 13.5 Å². The van der Waals surface area contributed by atoms with Crippen molar-refractivity contribution in [2.45, 2.75) is 18.3 Å². The summed E-state index contributed by atoms with van der Waals surface area (Å²) >= 11 is 0. The first-order chi connectivity index (χ1) is 12.1. The molecule has 0 radical (unpaired) electrons. The number of hydrogen-bond donors (Lipinski definition) is 1. The SMILES string of the molecule is O=C(Nc1ccn(-c2ccccc2)n1)C1(c2c(F)cccc2F)CC1. The van der Waals surface area contributed by atoms with Crippen LogP contribution in [0.5, 0.6) is 0 Å². The van der Waals surface area contributed by atoms with Crippen LogP contribution in [0.2, 0.25) is 0 Å². The summed E-state index contributed by atoms with van der Waals surface area (Å²) in [6.45, 7) is 0. The van der Waals surface area contributed by atoms with E-state index in [0.717, 1.165) is 5.69 Å². The Balaban J connectivity index is 1.58. The average Bonchev–Trinajstić information content (AvgIpc) is 3.27. The highest BCUT2D eigenvalue weighted by Crippen LogP contribution is 2.50. The van der Waals surface area contributed by atoms with Gasteiger partial charge >= 0.3 is 0 Å². The molecule has 0 spiro atoms. The Bertz CT molecular complexity index is 913. The van der Waals surface area contributed by atoms with Crippen LogP contribution >= 0.6 is 0 Å². The first kappa shape index (κ1) is 15.5. The number of hydrogen-bond acceptors (Lipinski definition) is 2. The summed E-state index contributed by atoms with van der Waals surface area (Å²) in [7, 11) is 0. The number of rotatable bonds is 4. The average molecular weight is 339 g/mol. The van der Waals surface area contributed by atoms with Gasteiger partial charge in [-0.3, -0.25) is 4.79 Å². The lowest BCUT2D eigenvalue weighted by Gasteiger charge is -2.16. The fourth-order valence-electron chi connectivity index (χ4n) is 3.02. The molecule has 126 valence electrons. The van der Waals surface area contributed by atoms with Crippen LogP contribution in [0.25, 0.3) is 5.69 Å². The number of amides is 1. The third-order valence-corrected chi connectivity index (χ3v) is 4.48. The normalized spacial score (nSPS) is 15.0. The van der Waals surface area contributed by atoms with Gasteiger partial charge < -0.3 is 5.32 Å². The number of para-hydroxylation sites is 1. The van der Waals surface area contributed by atoms with E-state index in [4.69, 9.17) is 0 Å². The standard InChI is InChI=1S/C19H15F2N3O/c20-14-7-4-8-15(21)17(14)19(10-11-19)18(25)22-16-9-12-24(23-16)13-5-2-1-3-6-13/h1-9,12H,10-11H2,(H,22,23,25). The molecular formula is C19H15F2N3O. The van der Waals surface area contributed by atoms with Crippen molar-refractivity contribution in [1.82, 2.24) is 9.78 Å². The van der Waals surface area contributed by atoms with E-state index >= 15 is 0 Å². The molecule has 0 atom stereocenters. The summed E-state index contributed by atoms with van der Waals surface area (Å²) < 4.78 is 29.8. The largest absolute Gasteiger partial charge is 0.308 e. The molecule has 1 amide bonds. The van der Waals surface area contributed by atoms with Crippen molar-refractivity contribution >= 4 is 11.7 Å². The van der Waals surface area contributed by atoms with Gasteiger partial charge in [0.2, 0.25) is 5.91 Å². The Morgan fingerprint density at radius 3 is 2.32 bits per heavy atom. The highest BCUT2D eigenvalue weighted by atomic mass is 19.1. The summed E-state index contributed by atoms with van der Waals surface area (Å²) in [5, 5.41) is 6.98. The Morgan fingerprint density at radius 1 is 1.00 bits per heavy atom. The molecule has 0 aliphatic heterocycles. The van der Waals surface area contributed by atoms with Crippen molar-refractivity contribution < 1.29 is 13.6 Å². The summed E-state index contributed by atoms with van der Waals surface area (Å²) in [4.78, 5) is 12.7. The van der Waals surface area contributed by atoms with Gasteiger partial charge in [0.15, 0.2) is 5.82 Å². The van der Waals surface area contributed by atoms with Gasteiger partial charge in [-0.15, -0.1) is 0 Å². The van der Waals surface area contributed by atoms with Crippen molar-refractivity contribution in [1.29, 1.82) is 0 Å². The lowest BCUT2D eigenvalue weighted by atomic mass is 9.93. The van der Waals surface area contributed by atoms with Crippen LogP contribution < -0.4 is 5.32 Å². The van der Waals surface area contributed by atoms with Crippen molar-refractivity contribution in [2.24, 2.45) is 0 Å². The molecule has 3 aromatic rings. The summed E-state index contributed by atoms with van der Waals surface area (Å²) in [6.07, 6.45) is 2.54. The van der Waals surface area contributed by atoms with E-state index in [1.807, 2.05) is 30.3 Å². The van der Waals surface area contributed by atoms with Crippen LogP contribution in [0.15, 0.2) is 60.8 Å². The maximum atomic E-state index is 14.1. The van der Waals surface area contributed by atoms with Crippen LogP contribution in [0.1, 0.15) is 18.4 Å². The maximum Gasteiger partial charge on any atom is 0.236 e. The number of carbonyl (C=O) groups is 1. The molecule has 4 nitrogen and oxygen atoms in total. The quantitative estimate of drug-likeness (QED) is 0.785. The van der Waals surface area contributed by atoms with E-state index in [2.05, 4.69) is 10.4 Å². The van der Waals surface area contributed by atoms with Crippen molar-refractivity contribution in [3.05, 3.63) is 78.0 Å². The zero-order chi connectivity index (χ0) is 17.4. The van der Waals surface area contributed by atoms with E-state index in [-0.39, 0.29) is 5.56 Å². The maximum absolute atomic E-state index is 14.1. The molecule has 2 aromatic carbocycles. The zero-order valence-electron chi connectivity index (χ0n) is 13.2. The molecule has 1 saturated carbocycles. The van der Waals surface area contributed by atoms with Gasteiger partial charge in [-0.1, -0.05) is 24.3 Å². The second-order valence-corrected chi connectivity index (χ2v) is 6.11. The van der Waals surface area contributed by atoms with Gasteiger partial charge in [-0.05, 0) is 37.1 Å². The number of carbonyl (C=O) groups excluding carboxylic acids is 1. The number of aromatic nitrogens is 2. The Hall–Kier alpha value is -3.02.